The molecule has 122 valence electrons. The van der Waals surface area contributed by atoms with Crippen LogP contribution in [0.2, 0.25) is 0 Å². The van der Waals surface area contributed by atoms with Gasteiger partial charge in [-0.15, -0.1) is 0 Å². The Balaban J connectivity index is 2.65. The summed E-state index contributed by atoms with van der Waals surface area (Å²) in [6.07, 6.45) is 1.37. The van der Waals surface area contributed by atoms with Crippen LogP contribution in [0.5, 0.6) is 0 Å². The highest BCUT2D eigenvalue weighted by atomic mass is 16.6. The third-order valence-corrected chi connectivity index (χ3v) is 2.74. The van der Waals surface area contributed by atoms with Crippen molar-refractivity contribution in [2.45, 2.75) is 32.8 Å². The van der Waals surface area contributed by atoms with Crippen molar-refractivity contribution < 1.29 is 29.0 Å². The van der Waals surface area contributed by atoms with Crippen molar-refractivity contribution in [1.29, 1.82) is 0 Å². The maximum atomic E-state index is 12.0. The minimum atomic E-state index is -1.05. The third-order valence-electron chi connectivity index (χ3n) is 2.74. The van der Waals surface area contributed by atoms with Gasteiger partial charge in [-0.2, -0.15) is 0 Å². The molecular formula is C14H20N2O6. The summed E-state index contributed by atoms with van der Waals surface area (Å²) in [4.78, 5) is 47.8. The average Bonchev–Trinajstić information content (AvgIpc) is 2.67. The van der Waals surface area contributed by atoms with Gasteiger partial charge in [0.05, 0.1) is 6.42 Å². The number of imide groups is 1. The zero-order valence-electron chi connectivity index (χ0n) is 12.9. The van der Waals surface area contributed by atoms with Crippen LogP contribution in [0, 0.1) is 0 Å². The van der Waals surface area contributed by atoms with Gasteiger partial charge in [0.1, 0.15) is 5.60 Å². The van der Waals surface area contributed by atoms with Crippen LogP contribution >= 0.6 is 0 Å². The van der Waals surface area contributed by atoms with Crippen molar-refractivity contribution in [1.82, 2.24) is 9.80 Å². The monoisotopic (exact) mass is 312 g/mol. The summed E-state index contributed by atoms with van der Waals surface area (Å²) in [6, 6.07) is 0. The van der Waals surface area contributed by atoms with Crippen molar-refractivity contribution >= 4 is 23.9 Å². The zero-order chi connectivity index (χ0) is 16.9. The Morgan fingerprint density at radius 3 is 2.18 bits per heavy atom. The Morgan fingerprint density at radius 2 is 1.73 bits per heavy atom. The zero-order valence-corrected chi connectivity index (χ0v) is 12.9. The fourth-order valence-corrected chi connectivity index (χ4v) is 1.72. The maximum absolute atomic E-state index is 12.0. The van der Waals surface area contributed by atoms with Gasteiger partial charge in [-0.25, -0.2) is 4.79 Å². The molecule has 1 aliphatic heterocycles. The second-order valence-corrected chi connectivity index (χ2v) is 5.77. The third kappa shape index (κ3) is 5.55. The first-order valence-corrected chi connectivity index (χ1v) is 6.83. The molecule has 0 aliphatic carbocycles. The van der Waals surface area contributed by atoms with E-state index in [-0.39, 0.29) is 26.1 Å². The number of aliphatic carboxylic acids is 1. The summed E-state index contributed by atoms with van der Waals surface area (Å²) in [6.45, 7) is 5.02. The topological polar surface area (TPSA) is 104 Å². The van der Waals surface area contributed by atoms with Crippen LogP contribution in [0.4, 0.5) is 4.79 Å². The smallest absolute Gasteiger partial charge is 0.410 e. The van der Waals surface area contributed by atoms with Crippen molar-refractivity contribution in [2.24, 2.45) is 0 Å². The number of nitrogens with zero attached hydrogens (tertiary/aromatic N) is 2. The normalized spacial score (nSPS) is 14.4. The number of carboxylic acid groups (broad SMARTS) is 1. The van der Waals surface area contributed by atoms with Gasteiger partial charge in [0.2, 0.25) is 0 Å². The molecule has 0 fully saturated rings. The van der Waals surface area contributed by atoms with Gasteiger partial charge < -0.3 is 14.7 Å². The van der Waals surface area contributed by atoms with Crippen LogP contribution in [0.15, 0.2) is 12.2 Å². The van der Waals surface area contributed by atoms with E-state index in [1.54, 1.807) is 20.8 Å². The summed E-state index contributed by atoms with van der Waals surface area (Å²) in [5, 5.41) is 8.73. The SMILES string of the molecule is CC(C)(C)OC(=O)N(CCC(=O)O)CCN1C(=O)C=CC1=O. The van der Waals surface area contributed by atoms with E-state index in [0.717, 1.165) is 17.1 Å². The molecule has 0 atom stereocenters. The molecule has 0 unspecified atom stereocenters. The summed E-state index contributed by atoms with van der Waals surface area (Å²) >= 11 is 0. The van der Waals surface area contributed by atoms with E-state index in [1.165, 1.54) is 4.90 Å². The molecule has 0 aromatic heterocycles. The van der Waals surface area contributed by atoms with Crippen molar-refractivity contribution in [3.8, 4) is 0 Å². The molecule has 0 bridgehead atoms. The first-order valence-electron chi connectivity index (χ1n) is 6.83. The lowest BCUT2D eigenvalue weighted by molar-refractivity contribution is -0.139. The summed E-state index contributed by atoms with van der Waals surface area (Å²) < 4.78 is 5.19. The van der Waals surface area contributed by atoms with Gasteiger partial charge in [-0.1, -0.05) is 0 Å². The molecule has 0 radical (unpaired) electrons. The number of hydrogen-bond donors (Lipinski definition) is 1. The highest BCUT2D eigenvalue weighted by Crippen LogP contribution is 2.11. The summed E-state index contributed by atoms with van der Waals surface area (Å²) in [5.74, 6) is -1.96. The van der Waals surface area contributed by atoms with Crippen molar-refractivity contribution in [3.63, 3.8) is 0 Å². The molecule has 1 aliphatic rings. The predicted molar refractivity (Wildman–Crippen MR) is 75.9 cm³/mol. The van der Waals surface area contributed by atoms with Gasteiger partial charge in [-0.3, -0.25) is 19.3 Å². The minimum absolute atomic E-state index is 0.0104. The van der Waals surface area contributed by atoms with Crippen LogP contribution in [0.1, 0.15) is 27.2 Å². The van der Waals surface area contributed by atoms with Crippen LogP contribution in [0.25, 0.3) is 0 Å². The highest BCUT2D eigenvalue weighted by molar-refractivity contribution is 6.12. The Labute approximate surface area is 128 Å². The molecule has 0 spiro atoms. The Kier molecular flexibility index (Phi) is 5.67. The predicted octanol–water partition coefficient (Wildman–Crippen LogP) is 0.623. The second-order valence-electron chi connectivity index (χ2n) is 5.77. The Hall–Kier alpha value is -2.38. The van der Waals surface area contributed by atoms with E-state index < -0.39 is 29.5 Å². The lowest BCUT2D eigenvalue weighted by Crippen LogP contribution is -2.43. The lowest BCUT2D eigenvalue weighted by Gasteiger charge is -2.28. The number of amides is 3. The minimum Gasteiger partial charge on any atom is -0.481 e. The average molecular weight is 312 g/mol. The molecule has 0 saturated carbocycles. The number of carbonyl (C=O) groups excluding carboxylic acids is 3. The lowest BCUT2D eigenvalue weighted by atomic mass is 10.2. The number of ether oxygens (including phenoxy) is 1. The molecule has 0 aromatic carbocycles. The van der Waals surface area contributed by atoms with Gasteiger partial charge in [0.25, 0.3) is 11.8 Å². The first kappa shape index (κ1) is 17.7. The molecule has 8 nitrogen and oxygen atoms in total. The first-order chi connectivity index (χ1) is 10.1. The Morgan fingerprint density at radius 1 is 1.18 bits per heavy atom. The number of carboxylic acids is 1. The van der Waals surface area contributed by atoms with E-state index in [9.17, 15) is 19.2 Å². The molecule has 0 aromatic rings. The molecule has 1 N–H and O–H groups in total. The van der Waals surface area contributed by atoms with Crippen LogP contribution in [-0.2, 0) is 19.1 Å². The summed E-state index contributed by atoms with van der Waals surface area (Å²) in [7, 11) is 0. The molecule has 22 heavy (non-hydrogen) atoms. The maximum Gasteiger partial charge on any atom is 0.410 e. The summed E-state index contributed by atoms with van der Waals surface area (Å²) in [5.41, 5.74) is -0.723. The fourth-order valence-electron chi connectivity index (χ4n) is 1.72. The van der Waals surface area contributed by atoms with E-state index in [0.29, 0.717) is 0 Å². The van der Waals surface area contributed by atoms with Crippen LogP contribution in [-0.4, -0.2) is 64.0 Å². The molecule has 3 amide bonds. The highest BCUT2D eigenvalue weighted by Gasteiger charge is 2.27. The van der Waals surface area contributed by atoms with Crippen molar-refractivity contribution in [3.05, 3.63) is 12.2 Å². The fraction of sp³-hybridized carbons (Fsp3) is 0.571. The van der Waals surface area contributed by atoms with E-state index >= 15 is 0 Å². The quantitative estimate of drug-likeness (QED) is 0.721. The van der Waals surface area contributed by atoms with Gasteiger partial charge >= 0.3 is 12.1 Å². The van der Waals surface area contributed by atoms with E-state index in [4.69, 9.17) is 9.84 Å². The van der Waals surface area contributed by atoms with Gasteiger partial charge in [0.15, 0.2) is 0 Å². The number of rotatable bonds is 6. The number of hydrogen-bond acceptors (Lipinski definition) is 5. The van der Waals surface area contributed by atoms with Crippen LogP contribution in [0.3, 0.4) is 0 Å². The van der Waals surface area contributed by atoms with E-state index in [1.807, 2.05) is 0 Å². The van der Waals surface area contributed by atoms with Gasteiger partial charge in [-0.05, 0) is 20.8 Å². The Bertz CT molecular complexity index is 488. The molecule has 8 heteroatoms. The number of carbonyl (C=O) groups is 4. The molecule has 0 saturated heterocycles. The van der Waals surface area contributed by atoms with Crippen LogP contribution < -0.4 is 0 Å². The standard InChI is InChI=1S/C14H20N2O6/c1-14(2,3)22-13(21)15(7-6-12(19)20)8-9-16-10(17)4-5-11(16)18/h4-5H,6-9H2,1-3H3,(H,19,20). The molecular weight excluding hydrogens is 292 g/mol. The second kappa shape index (κ2) is 7.06. The van der Waals surface area contributed by atoms with Gasteiger partial charge in [0, 0.05) is 31.8 Å². The molecule has 1 rings (SSSR count). The largest absolute Gasteiger partial charge is 0.481 e. The van der Waals surface area contributed by atoms with Crippen molar-refractivity contribution in [2.75, 3.05) is 19.6 Å². The van der Waals surface area contributed by atoms with E-state index in [2.05, 4.69) is 0 Å². The molecule has 1 heterocycles.